The van der Waals surface area contributed by atoms with Gasteiger partial charge in [0.1, 0.15) is 0 Å². The van der Waals surface area contributed by atoms with Gasteiger partial charge in [-0.15, -0.1) is 0 Å². The molecular weight excluding hydrogens is 138 g/mol. The highest BCUT2D eigenvalue weighted by Crippen LogP contribution is 2.14. The van der Waals surface area contributed by atoms with E-state index in [1.165, 1.54) is 32.5 Å². The van der Waals surface area contributed by atoms with Crippen LogP contribution in [0.1, 0.15) is 12.8 Å². The van der Waals surface area contributed by atoms with Crippen LogP contribution in [-0.4, -0.2) is 38.3 Å². The molecule has 0 aromatic rings. The van der Waals surface area contributed by atoms with Crippen molar-refractivity contribution in [2.45, 2.75) is 18.4 Å². The fraction of sp³-hybridized carbons (Fsp3) is 1.00. The van der Waals surface area contributed by atoms with Crippen molar-refractivity contribution in [2.75, 3.05) is 32.7 Å². The Morgan fingerprint density at radius 2 is 1.73 bits per heavy atom. The molecule has 1 spiro atoms. The van der Waals surface area contributed by atoms with E-state index in [1.807, 2.05) is 0 Å². The standard InChI is InChI=1S/C8H17N3/c1-3-9-6-8(11-4-1)2-5-10-7-8/h9-11H,1-7H2. The number of hydrogen-bond donors (Lipinski definition) is 3. The fourth-order valence-corrected chi connectivity index (χ4v) is 2.00. The van der Waals surface area contributed by atoms with E-state index in [-0.39, 0.29) is 0 Å². The maximum atomic E-state index is 3.63. The molecule has 2 aliphatic heterocycles. The zero-order chi connectivity index (χ0) is 7.57. The minimum atomic E-state index is 0.385. The van der Waals surface area contributed by atoms with Crippen molar-refractivity contribution >= 4 is 0 Å². The Morgan fingerprint density at radius 1 is 0.909 bits per heavy atom. The quantitative estimate of drug-likeness (QED) is 0.433. The van der Waals surface area contributed by atoms with Crippen LogP contribution < -0.4 is 16.0 Å². The van der Waals surface area contributed by atoms with Gasteiger partial charge in [-0.05, 0) is 32.5 Å². The Kier molecular flexibility index (Phi) is 2.11. The van der Waals surface area contributed by atoms with Gasteiger partial charge in [-0.25, -0.2) is 0 Å². The molecular formula is C8H17N3. The van der Waals surface area contributed by atoms with Gasteiger partial charge in [0.05, 0.1) is 0 Å². The summed E-state index contributed by atoms with van der Waals surface area (Å²) < 4.78 is 0. The molecule has 1 unspecified atom stereocenters. The minimum absolute atomic E-state index is 0.385. The lowest BCUT2D eigenvalue weighted by Crippen LogP contribution is -2.52. The van der Waals surface area contributed by atoms with E-state index in [0.29, 0.717) is 5.54 Å². The van der Waals surface area contributed by atoms with Crippen LogP contribution >= 0.6 is 0 Å². The third kappa shape index (κ3) is 1.55. The SMILES string of the molecule is C1CNCC2(CCNC2)NC1. The van der Waals surface area contributed by atoms with Gasteiger partial charge < -0.3 is 16.0 Å². The lowest BCUT2D eigenvalue weighted by molar-refractivity contribution is 0.365. The van der Waals surface area contributed by atoms with E-state index in [2.05, 4.69) is 16.0 Å². The summed E-state index contributed by atoms with van der Waals surface area (Å²) in [7, 11) is 0. The Labute approximate surface area is 67.9 Å². The van der Waals surface area contributed by atoms with Gasteiger partial charge in [0.2, 0.25) is 0 Å². The predicted molar refractivity (Wildman–Crippen MR) is 45.7 cm³/mol. The molecule has 11 heavy (non-hydrogen) atoms. The highest BCUT2D eigenvalue weighted by molar-refractivity contribution is 4.98. The zero-order valence-corrected chi connectivity index (χ0v) is 6.95. The van der Waals surface area contributed by atoms with Crippen molar-refractivity contribution in [1.82, 2.24) is 16.0 Å². The molecule has 0 amide bonds. The predicted octanol–water partition coefficient (Wildman–Crippen LogP) is -0.699. The summed E-state index contributed by atoms with van der Waals surface area (Å²) in [4.78, 5) is 0. The molecule has 2 rings (SSSR count). The van der Waals surface area contributed by atoms with Gasteiger partial charge >= 0.3 is 0 Å². The fourth-order valence-electron chi connectivity index (χ4n) is 2.00. The van der Waals surface area contributed by atoms with Crippen LogP contribution in [0.4, 0.5) is 0 Å². The monoisotopic (exact) mass is 155 g/mol. The van der Waals surface area contributed by atoms with E-state index >= 15 is 0 Å². The molecule has 0 aromatic heterocycles. The van der Waals surface area contributed by atoms with Crippen LogP contribution in [0.15, 0.2) is 0 Å². The molecule has 2 saturated heterocycles. The van der Waals surface area contributed by atoms with Crippen LogP contribution in [0, 0.1) is 0 Å². The third-order valence-electron chi connectivity index (χ3n) is 2.74. The normalized spacial score (nSPS) is 39.3. The van der Waals surface area contributed by atoms with Crippen molar-refractivity contribution in [3.63, 3.8) is 0 Å². The van der Waals surface area contributed by atoms with E-state index in [0.717, 1.165) is 13.1 Å². The molecule has 64 valence electrons. The first kappa shape index (κ1) is 7.53. The van der Waals surface area contributed by atoms with Crippen molar-refractivity contribution in [3.8, 4) is 0 Å². The second-order valence-electron chi connectivity index (χ2n) is 3.66. The van der Waals surface area contributed by atoms with E-state index < -0.39 is 0 Å². The van der Waals surface area contributed by atoms with Crippen LogP contribution in [0.2, 0.25) is 0 Å². The summed E-state index contributed by atoms with van der Waals surface area (Å²) in [5, 5.41) is 10.5. The maximum Gasteiger partial charge on any atom is 0.0444 e. The number of nitrogens with one attached hydrogen (secondary N) is 3. The van der Waals surface area contributed by atoms with Crippen LogP contribution in [0.5, 0.6) is 0 Å². The molecule has 0 aliphatic carbocycles. The van der Waals surface area contributed by atoms with Gasteiger partial charge in [0, 0.05) is 18.6 Å². The highest BCUT2D eigenvalue weighted by atomic mass is 15.1. The Balaban J connectivity index is 1.97. The molecule has 3 heteroatoms. The summed E-state index contributed by atoms with van der Waals surface area (Å²) >= 11 is 0. The summed E-state index contributed by atoms with van der Waals surface area (Å²) in [6.07, 6.45) is 2.54. The molecule has 0 radical (unpaired) electrons. The second kappa shape index (κ2) is 3.09. The average Bonchev–Trinajstić information content (AvgIpc) is 2.32. The zero-order valence-electron chi connectivity index (χ0n) is 6.95. The van der Waals surface area contributed by atoms with Crippen molar-refractivity contribution in [1.29, 1.82) is 0 Å². The molecule has 0 aromatic carbocycles. The van der Waals surface area contributed by atoms with E-state index in [4.69, 9.17) is 0 Å². The first-order valence-electron chi connectivity index (χ1n) is 4.58. The number of rotatable bonds is 0. The largest absolute Gasteiger partial charge is 0.315 e. The van der Waals surface area contributed by atoms with Crippen LogP contribution in [0.25, 0.3) is 0 Å². The van der Waals surface area contributed by atoms with Gasteiger partial charge in [-0.3, -0.25) is 0 Å². The van der Waals surface area contributed by atoms with Crippen LogP contribution in [0.3, 0.4) is 0 Å². The smallest absolute Gasteiger partial charge is 0.0444 e. The molecule has 1 atom stereocenters. The average molecular weight is 155 g/mol. The van der Waals surface area contributed by atoms with Gasteiger partial charge in [-0.2, -0.15) is 0 Å². The Bertz CT molecular complexity index is 119. The molecule has 2 aliphatic rings. The first-order valence-corrected chi connectivity index (χ1v) is 4.58. The lowest BCUT2D eigenvalue weighted by atomic mass is 9.99. The van der Waals surface area contributed by atoms with Crippen molar-refractivity contribution in [3.05, 3.63) is 0 Å². The van der Waals surface area contributed by atoms with Gasteiger partial charge in [0.15, 0.2) is 0 Å². The van der Waals surface area contributed by atoms with Gasteiger partial charge in [0.25, 0.3) is 0 Å². The molecule has 0 saturated carbocycles. The minimum Gasteiger partial charge on any atom is -0.315 e. The first-order chi connectivity index (χ1) is 5.41. The lowest BCUT2D eigenvalue weighted by Gasteiger charge is -2.27. The summed E-state index contributed by atoms with van der Waals surface area (Å²) in [5.74, 6) is 0. The van der Waals surface area contributed by atoms with Gasteiger partial charge in [-0.1, -0.05) is 0 Å². The Hall–Kier alpha value is -0.120. The third-order valence-corrected chi connectivity index (χ3v) is 2.74. The summed E-state index contributed by atoms with van der Waals surface area (Å²) in [5.41, 5.74) is 0.385. The highest BCUT2D eigenvalue weighted by Gasteiger charge is 2.33. The van der Waals surface area contributed by atoms with Crippen molar-refractivity contribution in [2.24, 2.45) is 0 Å². The van der Waals surface area contributed by atoms with E-state index in [9.17, 15) is 0 Å². The number of hydrogen-bond acceptors (Lipinski definition) is 3. The van der Waals surface area contributed by atoms with Crippen LogP contribution in [-0.2, 0) is 0 Å². The summed E-state index contributed by atoms with van der Waals surface area (Å²) in [6.45, 7) is 5.80. The van der Waals surface area contributed by atoms with Crippen molar-refractivity contribution < 1.29 is 0 Å². The van der Waals surface area contributed by atoms with E-state index in [1.54, 1.807) is 0 Å². The maximum absolute atomic E-state index is 3.63. The molecule has 3 nitrogen and oxygen atoms in total. The molecule has 3 N–H and O–H groups in total. The second-order valence-corrected chi connectivity index (χ2v) is 3.66. The Morgan fingerprint density at radius 3 is 2.55 bits per heavy atom. The summed E-state index contributed by atoms with van der Waals surface area (Å²) in [6, 6.07) is 0. The topological polar surface area (TPSA) is 36.1 Å². The molecule has 0 bridgehead atoms. The molecule has 2 fully saturated rings. The molecule has 2 heterocycles.